The van der Waals surface area contributed by atoms with Gasteiger partial charge in [-0.2, -0.15) is 0 Å². The molecule has 0 saturated heterocycles. The molecule has 0 spiro atoms. The minimum Gasteiger partial charge on any atom is -0.493 e. The number of para-hydroxylation sites is 2. The van der Waals surface area contributed by atoms with Crippen LogP contribution in [-0.4, -0.2) is 43.5 Å². The van der Waals surface area contributed by atoms with Crippen LogP contribution < -0.4 is 19.5 Å². The zero-order valence-electron chi connectivity index (χ0n) is 18.2. The van der Waals surface area contributed by atoms with Gasteiger partial charge in [0, 0.05) is 5.70 Å². The molecule has 2 heterocycles. The van der Waals surface area contributed by atoms with Crippen LogP contribution in [-0.2, 0) is 9.53 Å². The minimum absolute atomic E-state index is 0.273. The molecule has 162 valence electrons. The van der Waals surface area contributed by atoms with Crippen molar-refractivity contribution in [1.82, 2.24) is 9.55 Å². The van der Waals surface area contributed by atoms with Crippen molar-refractivity contribution in [2.24, 2.45) is 0 Å². The fourth-order valence-electron chi connectivity index (χ4n) is 4.01. The second-order valence-corrected chi connectivity index (χ2v) is 7.04. The molecule has 8 nitrogen and oxygen atoms in total. The first-order chi connectivity index (χ1) is 15.0. The molecular formula is C23H25N3O5. The Hall–Kier alpha value is -3.68. The van der Waals surface area contributed by atoms with Gasteiger partial charge in [0.15, 0.2) is 11.5 Å². The van der Waals surface area contributed by atoms with Crippen molar-refractivity contribution >= 4 is 23.0 Å². The zero-order chi connectivity index (χ0) is 22.1. The number of imidazole rings is 1. The van der Waals surface area contributed by atoms with Gasteiger partial charge < -0.3 is 24.3 Å². The molecule has 1 aliphatic rings. The molecule has 1 atom stereocenters. The van der Waals surface area contributed by atoms with Gasteiger partial charge >= 0.3 is 5.97 Å². The van der Waals surface area contributed by atoms with Crippen LogP contribution in [0.25, 0.3) is 11.0 Å². The van der Waals surface area contributed by atoms with E-state index in [0.29, 0.717) is 34.5 Å². The molecule has 1 aliphatic heterocycles. The third kappa shape index (κ3) is 3.34. The Bertz CT molecular complexity index is 1160. The number of nitrogens with zero attached hydrogens (tertiary/aromatic N) is 2. The highest BCUT2D eigenvalue weighted by Crippen LogP contribution is 2.45. The van der Waals surface area contributed by atoms with E-state index in [-0.39, 0.29) is 6.61 Å². The van der Waals surface area contributed by atoms with Crippen molar-refractivity contribution in [3.63, 3.8) is 0 Å². The molecule has 0 radical (unpaired) electrons. The lowest BCUT2D eigenvalue weighted by atomic mass is 9.94. The van der Waals surface area contributed by atoms with E-state index in [2.05, 4.69) is 5.32 Å². The predicted octanol–water partition coefficient (Wildman–Crippen LogP) is 3.91. The summed E-state index contributed by atoms with van der Waals surface area (Å²) in [6.45, 7) is 3.91. The standard InChI is InChI=1S/C23H25N3O5/c1-6-31-22(27)19-13(2)24-23-25-15-9-7-8-10-16(15)26(23)20(19)14-11-17(28-3)21(30-5)18(12-14)29-4/h7-12,20H,6H2,1-5H3,(H,24,25)/t20-/m1/s1. The van der Waals surface area contributed by atoms with Gasteiger partial charge in [0.25, 0.3) is 0 Å². The Morgan fingerprint density at radius 3 is 2.39 bits per heavy atom. The molecule has 8 heteroatoms. The number of rotatable bonds is 6. The Morgan fingerprint density at radius 2 is 1.77 bits per heavy atom. The Kier molecular flexibility index (Phi) is 5.46. The van der Waals surface area contributed by atoms with E-state index in [1.54, 1.807) is 28.3 Å². The number of fused-ring (bicyclic) bond motifs is 3. The summed E-state index contributed by atoms with van der Waals surface area (Å²) in [5, 5.41) is 3.26. The maximum Gasteiger partial charge on any atom is 0.338 e. The van der Waals surface area contributed by atoms with Gasteiger partial charge in [-0.05, 0) is 43.7 Å². The lowest BCUT2D eigenvalue weighted by molar-refractivity contribution is -0.139. The van der Waals surface area contributed by atoms with Gasteiger partial charge in [-0.3, -0.25) is 4.57 Å². The summed E-state index contributed by atoms with van der Waals surface area (Å²) in [7, 11) is 4.68. The van der Waals surface area contributed by atoms with Gasteiger partial charge in [0.2, 0.25) is 11.7 Å². The van der Waals surface area contributed by atoms with Gasteiger partial charge in [-0.25, -0.2) is 9.78 Å². The number of anilines is 1. The van der Waals surface area contributed by atoms with Crippen LogP contribution in [0, 0.1) is 0 Å². The first-order valence-corrected chi connectivity index (χ1v) is 9.95. The molecule has 0 aliphatic carbocycles. The molecule has 1 N–H and O–H groups in total. The van der Waals surface area contributed by atoms with Crippen molar-refractivity contribution in [3.8, 4) is 17.2 Å². The molecule has 0 bridgehead atoms. The van der Waals surface area contributed by atoms with E-state index < -0.39 is 12.0 Å². The maximum atomic E-state index is 13.1. The molecule has 2 aromatic carbocycles. The first-order valence-electron chi connectivity index (χ1n) is 9.95. The number of esters is 1. The van der Waals surface area contributed by atoms with Crippen LogP contribution >= 0.6 is 0 Å². The third-order valence-corrected chi connectivity index (χ3v) is 5.33. The Labute approximate surface area is 180 Å². The van der Waals surface area contributed by atoms with Gasteiger partial charge in [0.1, 0.15) is 0 Å². The van der Waals surface area contributed by atoms with Crippen LogP contribution in [0.3, 0.4) is 0 Å². The summed E-state index contributed by atoms with van der Waals surface area (Å²) < 4.78 is 24.0. The number of allylic oxidation sites excluding steroid dienone is 1. The minimum atomic E-state index is -0.503. The molecule has 0 unspecified atom stereocenters. The number of hydrogen-bond donors (Lipinski definition) is 1. The molecule has 3 aromatic rings. The van der Waals surface area contributed by atoms with E-state index in [1.807, 2.05) is 47.9 Å². The quantitative estimate of drug-likeness (QED) is 0.602. The van der Waals surface area contributed by atoms with Crippen LogP contribution in [0.15, 0.2) is 47.7 Å². The smallest absolute Gasteiger partial charge is 0.338 e. The summed E-state index contributed by atoms with van der Waals surface area (Å²) in [5.41, 5.74) is 3.66. The normalized spacial score (nSPS) is 15.3. The van der Waals surface area contributed by atoms with Gasteiger partial charge in [0.05, 0.1) is 50.6 Å². The SMILES string of the molecule is CCOC(=O)C1=C(C)Nc2nc3ccccc3n2[C@@H]1c1cc(OC)c(OC)c(OC)c1. The average Bonchev–Trinajstić information content (AvgIpc) is 3.14. The van der Waals surface area contributed by atoms with E-state index in [1.165, 1.54) is 0 Å². The Balaban J connectivity index is 2.02. The highest BCUT2D eigenvalue weighted by molar-refractivity contribution is 5.94. The largest absolute Gasteiger partial charge is 0.493 e. The molecule has 0 amide bonds. The molecule has 4 rings (SSSR count). The van der Waals surface area contributed by atoms with E-state index in [9.17, 15) is 4.79 Å². The second kappa shape index (κ2) is 8.22. The number of aromatic nitrogens is 2. The number of methoxy groups -OCH3 is 3. The van der Waals surface area contributed by atoms with Gasteiger partial charge in [-0.15, -0.1) is 0 Å². The summed E-state index contributed by atoms with van der Waals surface area (Å²) >= 11 is 0. The number of carbonyl (C=O) groups excluding carboxylic acids is 1. The summed E-state index contributed by atoms with van der Waals surface area (Å²) in [5.74, 6) is 1.74. The van der Waals surface area contributed by atoms with E-state index in [4.69, 9.17) is 23.9 Å². The summed E-state index contributed by atoms with van der Waals surface area (Å²) in [6.07, 6.45) is 0. The number of hydrogen-bond acceptors (Lipinski definition) is 7. The topological polar surface area (TPSA) is 83.8 Å². The average molecular weight is 423 g/mol. The Morgan fingerprint density at radius 1 is 1.10 bits per heavy atom. The van der Waals surface area contributed by atoms with E-state index in [0.717, 1.165) is 16.6 Å². The van der Waals surface area contributed by atoms with Crippen LogP contribution in [0.4, 0.5) is 5.95 Å². The fraction of sp³-hybridized carbons (Fsp3) is 0.304. The zero-order valence-corrected chi connectivity index (χ0v) is 18.2. The summed E-state index contributed by atoms with van der Waals surface area (Å²) in [6, 6.07) is 11.0. The molecule has 1 aromatic heterocycles. The number of benzene rings is 2. The van der Waals surface area contributed by atoms with Crippen molar-refractivity contribution < 1.29 is 23.7 Å². The van der Waals surface area contributed by atoms with Crippen molar-refractivity contribution in [2.45, 2.75) is 19.9 Å². The van der Waals surface area contributed by atoms with Crippen LogP contribution in [0.2, 0.25) is 0 Å². The maximum absolute atomic E-state index is 13.1. The number of ether oxygens (including phenoxy) is 4. The third-order valence-electron chi connectivity index (χ3n) is 5.33. The van der Waals surface area contributed by atoms with Crippen LogP contribution in [0.1, 0.15) is 25.5 Å². The summed E-state index contributed by atoms with van der Waals surface area (Å²) in [4.78, 5) is 17.8. The number of carbonyl (C=O) groups is 1. The highest BCUT2D eigenvalue weighted by Gasteiger charge is 2.36. The number of nitrogens with one attached hydrogen (secondary N) is 1. The predicted molar refractivity (Wildman–Crippen MR) is 117 cm³/mol. The van der Waals surface area contributed by atoms with Crippen molar-refractivity contribution in [2.75, 3.05) is 33.3 Å². The second-order valence-electron chi connectivity index (χ2n) is 7.04. The van der Waals surface area contributed by atoms with Gasteiger partial charge in [-0.1, -0.05) is 12.1 Å². The first kappa shape index (κ1) is 20.6. The molecule has 0 fully saturated rings. The van der Waals surface area contributed by atoms with E-state index >= 15 is 0 Å². The molecular weight excluding hydrogens is 398 g/mol. The highest BCUT2D eigenvalue weighted by atomic mass is 16.5. The lowest BCUT2D eigenvalue weighted by Gasteiger charge is -2.30. The lowest BCUT2D eigenvalue weighted by Crippen LogP contribution is -2.29. The molecule has 31 heavy (non-hydrogen) atoms. The molecule has 0 saturated carbocycles. The monoisotopic (exact) mass is 423 g/mol. The van der Waals surface area contributed by atoms with Crippen molar-refractivity contribution in [1.29, 1.82) is 0 Å². The fourth-order valence-corrected chi connectivity index (χ4v) is 4.01. The van der Waals surface area contributed by atoms with Crippen molar-refractivity contribution in [3.05, 3.63) is 53.2 Å². The van der Waals surface area contributed by atoms with Crippen LogP contribution in [0.5, 0.6) is 17.2 Å².